The van der Waals surface area contributed by atoms with Crippen LogP contribution >= 0.6 is 11.3 Å². The van der Waals surface area contributed by atoms with Crippen molar-refractivity contribution in [3.8, 4) is 16.6 Å². The lowest BCUT2D eigenvalue weighted by atomic mass is 10.1. The molecule has 36 heavy (non-hydrogen) atoms. The first-order chi connectivity index (χ1) is 17.5. The van der Waals surface area contributed by atoms with Crippen molar-refractivity contribution < 1.29 is 14.3 Å². The zero-order valence-corrected chi connectivity index (χ0v) is 20.7. The van der Waals surface area contributed by atoms with E-state index in [4.69, 9.17) is 15.0 Å². The molecule has 0 amide bonds. The Morgan fingerprint density at radius 3 is 2.72 bits per heavy atom. The number of ketones is 1. The van der Waals surface area contributed by atoms with Crippen LogP contribution in [0.4, 0.5) is 0 Å². The summed E-state index contributed by atoms with van der Waals surface area (Å²) < 4.78 is 9.17. The molecule has 5 rings (SSSR count). The van der Waals surface area contributed by atoms with Gasteiger partial charge in [0.15, 0.2) is 12.3 Å². The Bertz CT molecular complexity index is 1620. The topological polar surface area (TPSA) is 103 Å². The molecule has 0 aliphatic carbocycles. The van der Waals surface area contributed by atoms with Gasteiger partial charge in [0.25, 0.3) is 0 Å². The van der Waals surface area contributed by atoms with E-state index in [0.29, 0.717) is 40.8 Å². The van der Waals surface area contributed by atoms with E-state index in [-0.39, 0.29) is 11.8 Å². The molecule has 0 bridgehead atoms. The second-order valence-corrected chi connectivity index (χ2v) is 9.56. The number of thiophene rings is 1. The van der Waals surface area contributed by atoms with E-state index in [9.17, 15) is 9.59 Å². The highest BCUT2D eigenvalue weighted by atomic mass is 32.1. The maximum Gasteiger partial charge on any atom is 0.339 e. The highest BCUT2D eigenvalue weighted by Gasteiger charge is 2.22. The Morgan fingerprint density at radius 2 is 1.97 bits per heavy atom. The molecule has 8 nitrogen and oxygen atoms in total. The molecule has 0 radical (unpaired) electrons. The third-order valence-electron chi connectivity index (χ3n) is 5.94. The van der Waals surface area contributed by atoms with Gasteiger partial charge in [-0.3, -0.25) is 4.79 Å². The Kier molecular flexibility index (Phi) is 6.36. The number of fused-ring (bicyclic) bond motifs is 2. The molecule has 0 spiro atoms. The fourth-order valence-electron chi connectivity index (χ4n) is 4.23. The molecule has 5 aromatic rings. The Hall–Kier alpha value is -4.29. The monoisotopic (exact) mass is 497 g/mol. The average molecular weight is 498 g/mol. The second kappa shape index (κ2) is 9.76. The van der Waals surface area contributed by atoms with Crippen LogP contribution in [0.2, 0.25) is 0 Å². The molecule has 9 heteroatoms. The van der Waals surface area contributed by atoms with E-state index in [1.54, 1.807) is 23.1 Å². The van der Waals surface area contributed by atoms with Gasteiger partial charge < -0.3 is 9.30 Å². The molecule has 0 saturated carbocycles. The zero-order chi connectivity index (χ0) is 25.2. The standard InChI is InChI=1S/C27H23N5O3S/c1-17(2)32-26-20(14-29-32)19(13-22(30-26)25-9-5-12-36-25)27(34)35-16-24(33)21-15-31(11-6-10-28)23-8-4-3-7-18(21)23/h3-5,7-9,12-15,17H,6,11,16H2,1-2H3. The summed E-state index contributed by atoms with van der Waals surface area (Å²) in [4.78, 5) is 32.0. The van der Waals surface area contributed by atoms with Crippen molar-refractivity contribution in [2.24, 2.45) is 0 Å². The second-order valence-electron chi connectivity index (χ2n) is 8.61. The number of rotatable bonds is 8. The number of benzene rings is 1. The fourth-order valence-corrected chi connectivity index (χ4v) is 4.91. The van der Waals surface area contributed by atoms with E-state index >= 15 is 0 Å². The molecular weight excluding hydrogens is 474 g/mol. The van der Waals surface area contributed by atoms with E-state index in [1.165, 1.54) is 11.3 Å². The maximum absolute atomic E-state index is 13.2. The third kappa shape index (κ3) is 4.27. The molecule has 0 N–H and O–H groups in total. The normalized spacial score (nSPS) is 11.3. The first-order valence-corrected chi connectivity index (χ1v) is 12.4. The molecule has 1 aromatic carbocycles. The van der Waals surface area contributed by atoms with E-state index in [1.807, 2.05) is 60.2 Å². The highest BCUT2D eigenvalue weighted by Crippen LogP contribution is 2.29. The first kappa shape index (κ1) is 23.5. The van der Waals surface area contributed by atoms with Gasteiger partial charge >= 0.3 is 5.97 Å². The molecule has 0 fully saturated rings. The number of nitriles is 1. The van der Waals surface area contributed by atoms with Gasteiger partial charge in [-0.25, -0.2) is 14.5 Å². The minimum atomic E-state index is -0.606. The van der Waals surface area contributed by atoms with Gasteiger partial charge in [-0.05, 0) is 37.4 Å². The minimum Gasteiger partial charge on any atom is -0.454 e. The molecule has 4 aromatic heterocycles. The summed E-state index contributed by atoms with van der Waals surface area (Å²) in [5.74, 6) is -0.915. The lowest BCUT2D eigenvalue weighted by molar-refractivity contribution is 0.0477. The van der Waals surface area contributed by atoms with Crippen molar-refractivity contribution >= 4 is 45.0 Å². The number of carbonyl (C=O) groups excluding carboxylic acids is 2. The summed E-state index contributed by atoms with van der Waals surface area (Å²) in [7, 11) is 0. The zero-order valence-electron chi connectivity index (χ0n) is 19.8. The lowest BCUT2D eigenvalue weighted by Gasteiger charge is -2.10. The van der Waals surface area contributed by atoms with Crippen molar-refractivity contribution in [2.75, 3.05) is 6.61 Å². The number of esters is 1. The van der Waals surface area contributed by atoms with Crippen molar-refractivity contribution in [3.63, 3.8) is 0 Å². The molecule has 0 aliphatic rings. The molecule has 0 aliphatic heterocycles. The number of hydrogen-bond donors (Lipinski definition) is 0. The van der Waals surface area contributed by atoms with Gasteiger partial charge in [0.2, 0.25) is 5.78 Å². The van der Waals surface area contributed by atoms with Gasteiger partial charge in [0, 0.05) is 35.2 Å². The van der Waals surface area contributed by atoms with E-state index in [0.717, 1.165) is 15.8 Å². The predicted molar refractivity (Wildman–Crippen MR) is 138 cm³/mol. The minimum absolute atomic E-state index is 0.0531. The van der Waals surface area contributed by atoms with Gasteiger partial charge in [0.05, 0.1) is 40.2 Å². The summed E-state index contributed by atoms with van der Waals surface area (Å²) in [6.07, 6.45) is 3.67. The number of aromatic nitrogens is 4. The Balaban J connectivity index is 1.44. The van der Waals surface area contributed by atoms with Crippen molar-refractivity contribution in [3.05, 3.63) is 71.4 Å². The fraction of sp³-hybridized carbons (Fsp3) is 0.222. The maximum atomic E-state index is 13.2. The largest absolute Gasteiger partial charge is 0.454 e. The van der Waals surface area contributed by atoms with Crippen molar-refractivity contribution in [1.29, 1.82) is 5.26 Å². The third-order valence-corrected chi connectivity index (χ3v) is 6.83. The molecule has 0 atom stereocenters. The Labute approximate surface area is 211 Å². The van der Waals surface area contributed by atoms with Gasteiger partial charge in [-0.2, -0.15) is 10.4 Å². The van der Waals surface area contributed by atoms with E-state index < -0.39 is 12.6 Å². The molecule has 4 heterocycles. The average Bonchev–Trinajstić information content (AvgIpc) is 3.64. The smallest absolute Gasteiger partial charge is 0.339 e. The molecule has 180 valence electrons. The van der Waals surface area contributed by atoms with Crippen LogP contribution in [0.3, 0.4) is 0 Å². The summed E-state index contributed by atoms with van der Waals surface area (Å²) in [6.45, 7) is 4.07. The van der Waals surface area contributed by atoms with Gasteiger partial charge in [0.1, 0.15) is 0 Å². The number of para-hydroxylation sites is 1. The summed E-state index contributed by atoms with van der Waals surface area (Å²) >= 11 is 1.53. The number of nitrogens with zero attached hydrogens (tertiary/aromatic N) is 5. The highest BCUT2D eigenvalue weighted by molar-refractivity contribution is 7.13. The lowest BCUT2D eigenvalue weighted by Crippen LogP contribution is -2.15. The molecule has 0 unspecified atom stereocenters. The SMILES string of the molecule is CC(C)n1ncc2c(C(=O)OCC(=O)c3cn(CCC#N)c4ccccc34)cc(-c3cccs3)nc21. The van der Waals surface area contributed by atoms with Crippen molar-refractivity contribution in [2.45, 2.75) is 32.9 Å². The first-order valence-electron chi connectivity index (χ1n) is 11.5. The summed E-state index contributed by atoms with van der Waals surface area (Å²) in [5.41, 5.74) is 2.89. The van der Waals surface area contributed by atoms with Crippen LogP contribution in [0.25, 0.3) is 32.5 Å². The van der Waals surface area contributed by atoms with Crippen molar-refractivity contribution in [1.82, 2.24) is 19.3 Å². The Morgan fingerprint density at radius 1 is 1.14 bits per heavy atom. The van der Waals surface area contributed by atoms with Crippen LogP contribution in [0, 0.1) is 11.3 Å². The number of hydrogen-bond acceptors (Lipinski definition) is 7. The quantitative estimate of drug-likeness (QED) is 0.203. The molecular formula is C27H23N5O3S. The number of pyridine rings is 1. The number of carbonyl (C=O) groups is 2. The van der Waals surface area contributed by atoms with Crippen LogP contribution in [0.5, 0.6) is 0 Å². The molecule has 0 saturated heterocycles. The van der Waals surface area contributed by atoms with Crippen LogP contribution in [0.15, 0.2) is 60.2 Å². The summed E-state index contributed by atoms with van der Waals surface area (Å²) in [6, 6.07) is 15.2. The number of aryl methyl sites for hydroxylation is 1. The number of Topliss-reactive ketones (excluding diaryl/α,β-unsaturated/α-hetero) is 1. The predicted octanol–water partition coefficient (Wildman–Crippen LogP) is 5.65. The van der Waals surface area contributed by atoms with Crippen LogP contribution in [0.1, 0.15) is 47.0 Å². The van der Waals surface area contributed by atoms with E-state index in [2.05, 4.69) is 11.2 Å². The van der Waals surface area contributed by atoms with Crippen LogP contribution in [-0.2, 0) is 11.3 Å². The van der Waals surface area contributed by atoms with Crippen LogP contribution in [-0.4, -0.2) is 37.7 Å². The van der Waals surface area contributed by atoms with Crippen LogP contribution < -0.4 is 0 Å². The van der Waals surface area contributed by atoms with Gasteiger partial charge in [-0.15, -0.1) is 11.3 Å². The number of ether oxygens (including phenoxy) is 1. The summed E-state index contributed by atoms with van der Waals surface area (Å²) in [5, 5.41) is 16.7. The van der Waals surface area contributed by atoms with Gasteiger partial charge in [-0.1, -0.05) is 24.3 Å².